The van der Waals surface area contributed by atoms with Crippen LogP contribution in [0.2, 0.25) is 0 Å². The second kappa shape index (κ2) is 5.58. The lowest BCUT2D eigenvalue weighted by molar-refractivity contribution is -0.386. The summed E-state index contributed by atoms with van der Waals surface area (Å²) in [5, 5.41) is 21.0. The highest BCUT2D eigenvalue weighted by atomic mass is 16.8. The van der Waals surface area contributed by atoms with Crippen LogP contribution in [0.4, 0.5) is 5.69 Å². The fraction of sp³-hybridized carbons (Fsp3) is 0.562. The average molecular weight is 321 g/mol. The number of carboxylic acids is 1. The first kappa shape index (κ1) is 15.9. The molecule has 124 valence electrons. The van der Waals surface area contributed by atoms with E-state index in [0.717, 1.165) is 19.3 Å². The molecule has 1 saturated heterocycles. The van der Waals surface area contributed by atoms with Gasteiger partial charge in [0, 0.05) is 18.9 Å². The molecular formula is C16H19NO6. The SMILES string of the molecule is C[C@@]1(C(=O)O)OC2(CCCCC2)O[C@H]1c1ccccc1[N+](=O)[O-]. The Hall–Kier alpha value is -1.99. The lowest BCUT2D eigenvalue weighted by Gasteiger charge is -2.32. The molecule has 7 nitrogen and oxygen atoms in total. The summed E-state index contributed by atoms with van der Waals surface area (Å²) in [6, 6.07) is 6.08. The maximum absolute atomic E-state index is 11.8. The van der Waals surface area contributed by atoms with Gasteiger partial charge in [0.25, 0.3) is 5.69 Å². The zero-order valence-electron chi connectivity index (χ0n) is 12.9. The molecule has 1 aliphatic heterocycles. The molecule has 2 aliphatic rings. The van der Waals surface area contributed by atoms with Crippen LogP contribution >= 0.6 is 0 Å². The molecule has 23 heavy (non-hydrogen) atoms. The number of aliphatic carboxylic acids is 1. The van der Waals surface area contributed by atoms with Gasteiger partial charge in [-0.1, -0.05) is 18.6 Å². The van der Waals surface area contributed by atoms with Crippen LogP contribution in [0.5, 0.6) is 0 Å². The van der Waals surface area contributed by atoms with Gasteiger partial charge in [-0.15, -0.1) is 0 Å². The summed E-state index contributed by atoms with van der Waals surface area (Å²) in [6.45, 7) is 1.43. The first-order valence-corrected chi connectivity index (χ1v) is 7.73. The highest BCUT2D eigenvalue weighted by Gasteiger charge is 2.60. The van der Waals surface area contributed by atoms with E-state index in [1.165, 1.54) is 19.1 Å². The van der Waals surface area contributed by atoms with E-state index in [1.54, 1.807) is 12.1 Å². The van der Waals surface area contributed by atoms with Crippen LogP contribution in [-0.4, -0.2) is 27.4 Å². The van der Waals surface area contributed by atoms with E-state index in [2.05, 4.69) is 0 Å². The number of carboxylic acid groups (broad SMARTS) is 1. The van der Waals surface area contributed by atoms with Crippen molar-refractivity contribution in [2.75, 3.05) is 0 Å². The fourth-order valence-corrected chi connectivity index (χ4v) is 3.49. The molecule has 1 aliphatic carbocycles. The zero-order valence-corrected chi connectivity index (χ0v) is 12.9. The number of carbonyl (C=O) groups is 1. The van der Waals surface area contributed by atoms with Crippen molar-refractivity contribution in [3.63, 3.8) is 0 Å². The molecule has 1 N–H and O–H groups in total. The van der Waals surface area contributed by atoms with Crippen molar-refractivity contribution in [1.29, 1.82) is 0 Å². The number of rotatable bonds is 3. The lowest BCUT2D eigenvalue weighted by Crippen LogP contribution is -2.42. The largest absolute Gasteiger partial charge is 0.479 e. The average Bonchev–Trinajstić information content (AvgIpc) is 2.81. The van der Waals surface area contributed by atoms with E-state index >= 15 is 0 Å². The standard InChI is InChI=1S/C16H19NO6/c1-15(14(18)19)13(11-7-3-4-8-12(11)17(20)21)22-16(23-15)9-5-2-6-10-16/h3-4,7-8,13H,2,5-6,9-10H2,1H3,(H,18,19)/t13-,15+/m0/s1. The van der Waals surface area contributed by atoms with Gasteiger partial charge in [-0.05, 0) is 25.8 Å². The van der Waals surface area contributed by atoms with Crippen molar-refractivity contribution in [1.82, 2.24) is 0 Å². The third kappa shape index (κ3) is 2.60. The molecule has 1 aromatic rings. The van der Waals surface area contributed by atoms with Gasteiger partial charge in [0.2, 0.25) is 0 Å². The molecule has 1 heterocycles. The summed E-state index contributed by atoms with van der Waals surface area (Å²) >= 11 is 0. The Morgan fingerprint density at radius 3 is 2.57 bits per heavy atom. The van der Waals surface area contributed by atoms with Gasteiger partial charge in [-0.2, -0.15) is 0 Å². The number of nitro benzene ring substituents is 1. The molecule has 2 atom stereocenters. The molecule has 7 heteroatoms. The van der Waals surface area contributed by atoms with Crippen LogP contribution in [0.15, 0.2) is 24.3 Å². The second-order valence-corrected chi connectivity index (χ2v) is 6.30. The van der Waals surface area contributed by atoms with Gasteiger partial charge < -0.3 is 14.6 Å². The first-order valence-electron chi connectivity index (χ1n) is 7.73. The quantitative estimate of drug-likeness (QED) is 0.678. The van der Waals surface area contributed by atoms with Crippen molar-refractivity contribution >= 4 is 11.7 Å². The Labute approximate surface area is 133 Å². The molecular weight excluding hydrogens is 302 g/mol. The Morgan fingerprint density at radius 2 is 1.96 bits per heavy atom. The topological polar surface area (TPSA) is 98.9 Å². The summed E-state index contributed by atoms with van der Waals surface area (Å²) in [7, 11) is 0. The van der Waals surface area contributed by atoms with Crippen LogP contribution in [0.3, 0.4) is 0 Å². The zero-order chi connectivity index (χ0) is 16.7. The van der Waals surface area contributed by atoms with E-state index in [1.807, 2.05) is 0 Å². The minimum Gasteiger partial charge on any atom is -0.479 e. The van der Waals surface area contributed by atoms with Gasteiger partial charge in [-0.3, -0.25) is 10.1 Å². The molecule has 0 amide bonds. The normalized spacial score (nSPS) is 29.5. The molecule has 0 unspecified atom stereocenters. The molecule has 0 aromatic heterocycles. The smallest absolute Gasteiger partial charge is 0.338 e. The van der Waals surface area contributed by atoms with E-state index in [9.17, 15) is 20.0 Å². The van der Waals surface area contributed by atoms with Gasteiger partial charge >= 0.3 is 5.97 Å². The lowest BCUT2D eigenvalue weighted by atomic mass is 9.92. The molecule has 0 radical (unpaired) electrons. The predicted octanol–water partition coefficient (Wildman–Crippen LogP) is 3.19. The van der Waals surface area contributed by atoms with E-state index in [4.69, 9.17) is 9.47 Å². The molecule has 0 bridgehead atoms. The third-order valence-corrected chi connectivity index (χ3v) is 4.69. The van der Waals surface area contributed by atoms with E-state index in [-0.39, 0.29) is 11.3 Å². The number of benzene rings is 1. The molecule has 1 aromatic carbocycles. The van der Waals surface area contributed by atoms with Crippen molar-refractivity contribution in [2.45, 2.75) is 56.5 Å². The summed E-state index contributed by atoms with van der Waals surface area (Å²) in [5.74, 6) is -2.14. The summed E-state index contributed by atoms with van der Waals surface area (Å²) in [4.78, 5) is 22.6. The third-order valence-electron chi connectivity index (χ3n) is 4.69. The monoisotopic (exact) mass is 321 g/mol. The highest BCUT2D eigenvalue weighted by Crippen LogP contribution is 2.52. The van der Waals surface area contributed by atoms with Crippen LogP contribution in [0.1, 0.15) is 50.7 Å². The number of nitrogens with zero attached hydrogens (tertiary/aromatic N) is 1. The second-order valence-electron chi connectivity index (χ2n) is 6.30. The number of hydrogen-bond donors (Lipinski definition) is 1. The summed E-state index contributed by atoms with van der Waals surface area (Å²) < 4.78 is 11.9. The van der Waals surface area contributed by atoms with Gasteiger partial charge in [0.05, 0.1) is 10.5 Å². The van der Waals surface area contributed by atoms with Crippen molar-refractivity contribution in [3.05, 3.63) is 39.9 Å². The Kier molecular flexibility index (Phi) is 3.85. The van der Waals surface area contributed by atoms with Crippen molar-refractivity contribution in [2.24, 2.45) is 0 Å². The number of ether oxygens (including phenoxy) is 2. The maximum Gasteiger partial charge on any atom is 0.338 e. The molecule has 1 spiro atoms. The molecule has 1 saturated carbocycles. The highest BCUT2D eigenvalue weighted by molar-refractivity contribution is 5.79. The van der Waals surface area contributed by atoms with Crippen molar-refractivity contribution < 1.29 is 24.3 Å². The van der Waals surface area contributed by atoms with Gasteiger partial charge in [-0.25, -0.2) is 4.79 Å². The Morgan fingerprint density at radius 1 is 1.30 bits per heavy atom. The number of para-hydroxylation sites is 1. The Balaban J connectivity index is 2.06. The number of nitro groups is 1. The fourth-order valence-electron chi connectivity index (χ4n) is 3.49. The van der Waals surface area contributed by atoms with E-state index < -0.39 is 28.4 Å². The minimum absolute atomic E-state index is 0.151. The summed E-state index contributed by atoms with van der Waals surface area (Å²) in [5.41, 5.74) is -1.56. The van der Waals surface area contributed by atoms with Crippen LogP contribution in [-0.2, 0) is 14.3 Å². The summed E-state index contributed by atoms with van der Waals surface area (Å²) in [6.07, 6.45) is 3.02. The predicted molar refractivity (Wildman–Crippen MR) is 79.9 cm³/mol. The molecule has 2 fully saturated rings. The maximum atomic E-state index is 11.8. The first-order chi connectivity index (χ1) is 10.9. The van der Waals surface area contributed by atoms with Crippen LogP contribution < -0.4 is 0 Å². The van der Waals surface area contributed by atoms with Crippen molar-refractivity contribution in [3.8, 4) is 0 Å². The van der Waals surface area contributed by atoms with Gasteiger partial charge in [0.1, 0.15) is 6.10 Å². The minimum atomic E-state index is -1.65. The van der Waals surface area contributed by atoms with E-state index in [0.29, 0.717) is 12.8 Å². The number of hydrogen-bond acceptors (Lipinski definition) is 5. The van der Waals surface area contributed by atoms with Gasteiger partial charge in [0.15, 0.2) is 11.4 Å². The van der Waals surface area contributed by atoms with Crippen LogP contribution in [0, 0.1) is 10.1 Å². The molecule has 3 rings (SSSR count). The Bertz CT molecular complexity index is 639. The van der Waals surface area contributed by atoms with Crippen LogP contribution in [0.25, 0.3) is 0 Å².